The maximum Gasteiger partial charge on any atom is 0.261 e. The average molecular weight is 385 g/mol. The highest BCUT2D eigenvalue weighted by Crippen LogP contribution is 2.32. The normalized spacial score (nSPS) is 12.8. The van der Waals surface area contributed by atoms with Gasteiger partial charge in [-0.3, -0.25) is 4.79 Å². The Bertz CT molecular complexity index is 373. The van der Waals surface area contributed by atoms with Gasteiger partial charge in [0.15, 0.2) is 0 Å². The molecular formula is C11H15Br2NO2S. The summed E-state index contributed by atoms with van der Waals surface area (Å²) in [6, 6.07) is 1.78. The van der Waals surface area contributed by atoms with Gasteiger partial charge in [-0.05, 0) is 50.3 Å². The van der Waals surface area contributed by atoms with Crippen molar-refractivity contribution >= 4 is 49.1 Å². The largest absolute Gasteiger partial charge is 0.393 e. The molecule has 0 radical (unpaired) electrons. The third-order valence-corrected chi connectivity index (χ3v) is 5.62. The number of carbonyl (C=O) groups is 1. The Morgan fingerprint density at radius 1 is 1.53 bits per heavy atom. The topological polar surface area (TPSA) is 49.3 Å². The van der Waals surface area contributed by atoms with E-state index in [-0.39, 0.29) is 17.9 Å². The molecule has 1 atom stereocenters. The maximum absolute atomic E-state index is 11.7. The number of aliphatic hydroxyl groups excluding tert-OH is 1. The molecule has 0 spiro atoms. The minimum absolute atomic E-state index is 0.0997. The Kier molecular flexibility index (Phi) is 6.12. The summed E-state index contributed by atoms with van der Waals surface area (Å²) in [5.41, 5.74) is 0. The first-order chi connectivity index (χ1) is 7.91. The van der Waals surface area contributed by atoms with Crippen LogP contribution in [0.25, 0.3) is 0 Å². The Morgan fingerprint density at radius 3 is 2.65 bits per heavy atom. The zero-order chi connectivity index (χ0) is 13.0. The summed E-state index contributed by atoms with van der Waals surface area (Å²) < 4.78 is 1.79. The Labute approximate surface area is 122 Å². The fourth-order valence-corrected chi connectivity index (χ4v) is 3.16. The molecule has 1 amide bonds. The van der Waals surface area contributed by atoms with Gasteiger partial charge in [0.1, 0.15) is 0 Å². The molecule has 1 aromatic rings. The number of thiophene rings is 1. The van der Waals surface area contributed by atoms with Crippen molar-refractivity contribution in [3.8, 4) is 0 Å². The van der Waals surface area contributed by atoms with Gasteiger partial charge in [-0.25, -0.2) is 0 Å². The molecule has 0 aliphatic heterocycles. The van der Waals surface area contributed by atoms with E-state index in [0.717, 1.165) is 8.26 Å². The molecule has 0 saturated heterocycles. The van der Waals surface area contributed by atoms with Gasteiger partial charge in [-0.2, -0.15) is 0 Å². The Hall–Kier alpha value is 0.0900. The van der Waals surface area contributed by atoms with Gasteiger partial charge in [-0.15, -0.1) is 11.3 Å². The van der Waals surface area contributed by atoms with Crippen molar-refractivity contribution in [2.75, 3.05) is 6.54 Å². The van der Waals surface area contributed by atoms with Crippen molar-refractivity contribution < 1.29 is 9.90 Å². The average Bonchev–Trinajstić information content (AvgIpc) is 2.59. The lowest BCUT2D eigenvalue weighted by Crippen LogP contribution is -2.28. The summed E-state index contributed by atoms with van der Waals surface area (Å²) in [6.07, 6.45) is 0.217. The number of hydrogen-bond donors (Lipinski definition) is 2. The predicted octanol–water partition coefficient (Wildman–Crippen LogP) is 3.41. The minimum atomic E-state index is -0.364. The van der Waals surface area contributed by atoms with E-state index in [1.165, 1.54) is 11.3 Å². The fraction of sp³-hybridized carbons (Fsp3) is 0.545. The lowest BCUT2D eigenvalue weighted by atomic mass is 10.0. The first-order valence-electron chi connectivity index (χ1n) is 5.33. The molecule has 0 saturated carbocycles. The van der Waals surface area contributed by atoms with Gasteiger partial charge in [0.25, 0.3) is 5.91 Å². The van der Waals surface area contributed by atoms with Crippen LogP contribution in [0.4, 0.5) is 0 Å². The van der Waals surface area contributed by atoms with Crippen LogP contribution in [0.5, 0.6) is 0 Å². The maximum atomic E-state index is 11.7. The number of nitrogens with one attached hydrogen (secondary N) is 1. The van der Waals surface area contributed by atoms with Crippen LogP contribution in [0.2, 0.25) is 0 Å². The number of carbonyl (C=O) groups excluding carboxylic acids is 1. The number of rotatable bonds is 5. The van der Waals surface area contributed by atoms with Crippen LogP contribution in [-0.4, -0.2) is 23.7 Å². The lowest BCUT2D eigenvalue weighted by molar-refractivity contribution is 0.0924. The molecule has 0 unspecified atom stereocenters. The van der Waals surface area contributed by atoms with Crippen LogP contribution in [0, 0.1) is 5.92 Å². The molecule has 0 aliphatic rings. The molecule has 0 aromatic carbocycles. The molecular weight excluding hydrogens is 370 g/mol. The minimum Gasteiger partial charge on any atom is -0.393 e. The second-order valence-electron chi connectivity index (χ2n) is 4.09. The Balaban J connectivity index is 2.40. The van der Waals surface area contributed by atoms with Crippen molar-refractivity contribution in [1.29, 1.82) is 0 Å². The highest BCUT2D eigenvalue weighted by molar-refractivity contribution is 9.13. The van der Waals surface area contributed by atoms with E-state index in [1.807, 2.05) is 13.8 Å². The van der Waals surface area contributed by atoms with Crippen molar-refractivity contribution in [1.82, 2.24) is 5.32 Å². The van der Waals surface area contributed by atoms with Crippen molar-refractivity contribution in [3.63, 3.8) is 0 Å². The number of amides is 1. The second kappa shape index (κ2) is 6.87. The van der Waals surface area contributed by atoms with Crippen LogP contribution in [0.3, 0.4) is 0 Å². The summed E-state index contributed by atoms with van der Waals surface area (Å²) in [7, 11) is 0. The summed E-state index contributed by atoms with van der Waals surface area (Å²) >= 11 is 8.07. The molecule has 1 aromatic heterocycles. The van der Waals surface area contributed by atoms with Crippen molar-refractivity contribution in [2.45, 2.75) is 26.4 Å². The number of hydrogen-bond acceptors (Lipinski definition) is 3. The lowest BCUT2D eigenvalue weighted by Gasteiger charge is -2.14. The SMILES string of the molecule is CC(C)[C@@H](O)CCNC(=O)c1cc(Br)c(Br)s1. The van der Waals surface area contributed by atoms with Crippen LogP contribution < -0.4 is 5.32 Å². The Morgan fingerprint density at radius 2 is 2.18 bits per heavy atom. The molecule has 17 heavy (non-hydrogen) atoms. The standard InChI is InChI=1S/C11H15Br2NO2S/c1-6(2)8(15)3-4-14-11(16)9-5-7(12)10(13)17-9/h5-6,8,15H,3-4H2,1-2H3,(H,14,16)/t8-/m0/s1. The molecule has 1 heterocycles. The first kappa shape index (κ1) is 15.1. The van der Waals surface area contributed by atoms with E-state index in [9.17, 15) is 9.90 Å². The molecule has 0 aliphatic carbocycles. The van der Waals surface area contributed by atoms with Gasteiger partial charge < -0.3 is 10.4 Å². The van der Waals surface area contributed by atoms with Crippen LogP contribution in [-0.2, 0) is 0 Å². The summed E-state index contributed by atoms with van der Waals surface area (Å²) in [5.74, 6) is 0.120. The number of aliphatic hydroxyl groups is 1. The van der Waals surface area contributed by atoms with E-state index >= 15 is 0 Å². The molecule has 6 heteroatoms. The van der Waals surface area contributed by atoms with Gasteiger partial charge in [0, 0.05) is 11.0 Å². The summed E-state index contributed by atoms with van der Waals surface area (Å²) in [4.78, 5) is 12.4. The first-order valence-corrected chi connectivity index (χ1v) is 7.73. The smallest absolute Gasteiger partial charge is 0.261 e. The van der Waals surface area contributed by atoms with Crippen molar-refractivity contribution in [2.24, 2.45) is 5.92 Å². The van der Waals surface area contributed by atoms with Crippen molar-refractivity contribution in [3.05, 3.63) is 19.2 Å². The van der Waals surface area contributed by atoms with Crippen LogP contribution in [0.15, 0.2) is 14.3 Å². The fourth-order valence-electron chi connectivity index (χ4n) is 1.21. The van der Waals surface area contributed by atoms with E-state index in [1.54, 1.807) is 6.07 Å². The van der Waals surface area contributed by atoms with E-state index in [4.69, 9.17) is 0 Å². The van der Waals surface area contributed by atoms with Gasteiger partial charge >= 0.3 is 0 Å². The second-order valence-corrected chi connectivity index (χ2v) is 7.31. The summed E-state index contributed by atoms with van der Waals surface area (Å²) in [6.45, 7) is 4.41. The van der Waals surface area contributed by atoms with Gasteiger partial charge in [0.2, 0.25) is 0 Å². The predicted molar refractivity (Wildman–Crippen MR) is 77.5 cm³/mol. The van der Waals surface area contributed by atoms with Gasteiger partial charge in [0.05, 0.1) is 14.8 Å². The van der Waals surface area contributed by atoms with Crippen LogP contribution >= 0.6 is 43.2 Å². The van der Waals surface area contributed by atoms with Crippen LogP contribution in [0.1, 0.15) is 29.9 Å². The number of halogens is 2. The van der Waals surface area contributed by atoms with Gasteiger partial charge in [-0.1, -0.05) is 13.8 Å². The molecule has 0 fully saturated rings. The molecule has 2 N–H and O–H groups in total. The molecule has 96 valence electrons. The zero-order valence-corrected chi connectivity index (χ0v) is 13.7. The third kappa shape index (κ3) is 4.69. The quantitative estimate of drug-likeness (QED) is 0.817. The third-order valence-electron chi connectivity index (χ3n) is 2.36. The monoisotopic (exact) mass is 383 g/mol. The highest BCUT2D eigenvalue weighted by atomic mass is 79.9. The van der Waals surface area contributed by atoms with E-state index in [2.05, 4.69) is 37.2 Å². The molecule has 0 bridgehead atoms. The zero-order valence-electron chi connectivity index (χ0n) is 9.67. The molecule has 3 nitrogen and oxygen atoms in total. The van der Waals surface area contributed by atoms with E-state index < -0.39 is 0 Å². The summed E-state index contributed by atoms with van der Waals surface area (Å²) in [5, 5.41) is 12.4. The van der Waals surface area contributed by atoms with E-state index in [0.29, 0.717) is 17.8 Å². The molecule has 1 rings (SSSR count). The highest BCUT2D eigenvalue weighted by Gasteiger charge is 2.13.